The molecule has 3 saturated carbocycles. The molecule has 2 spiro atoms. The van der Waals surface area contributed by atoms with Crippen LogP contribution in [-0.2, 0) is 28.5 Å². The summed E-state index contributed by atoms with van der Waals surface area (Å²) >= 11 is 0. The molecule has 0 amide bonds. The van der Waals surface area contributed by atoms with Crippen LogP contribution in [0.25, 0.3) is 6.08 Å². The maximum absolute atomic E-state index is 13.2. The van der Waals surface area contributed by atoms with Crippen molar-refractivity contribution in [2.24, 2.45) is 35.5 Å². The van der Waals surface area contributed by atoms with E-state index in [4.69, 9.17) is 23.7 Å². The van der Waals surface area contributed by atoms with Gasteiger partial charge in [-0.25, -0.2) is 4.79 Å². The van der Waals surface area contributed by atoms with Crippen molar-refractivity contribution in [2.45, 2.75) is 132 Å². The fraction of sp³-hybridized carbons (Fsp3) is 0.718. The van der Waals surface area contributed by atoms with Gasteiger partial charge in [0.25, 0.3) is 5.97 Å². The standard InChI is InChI=1S/C39H52O9/c1-22(2)35-20-24(4)39-29-32(35)46-37(47-35,48-39)19-13-8-6-7-10-14-23(3)28-25(5)31(41)38(43,30(28)39)34(42)36(33(29)45-36)21-44-27(40)18-17-26-15-11-9-12-16-26/h9,11-12,15-18,23-25,28-34,41-43H,1,6-8,10,13-14,19-21H2,2-5H3. The molecule has 4 aliphatic heterocycles. The van der Waals surface area contributed by atoms with E-state index in [1.807, 2.05) is 44.2 Å². The maximum atomic E-state index is 13.2. The van der Waals surface area contributed by atoms with Crippen LogP contribution in [-0.4, -0.2) is 80.7 Å². The molecule has 3 bridgehead atoms. The smallest absolute Gasteiger partial charge is 0.330 e. The van der Waals surface area contributed by atoms with E-state index in [-0.39, 0.29) is 30.3 Å². The lowest BCUT2D eigenvalue weighted by molar-refractivity contribution is -0.437. The normalized spacial score (nSPS) is 52.1. The van der Waals surface area contributed by atoms with E-state index in [1.54, 1.807) is 6.08 Å². The van der Waals surface area contributed by atoms with Gasteiger partial charge in [0, 0.05) is 24.3 Å². The van der Waals surface area contributed by atoms with Crippen LogP contribution in [0, 0.1) is 35.5 Å². The minimum absolute atomic E-state index is 0.143. The molecule has 8 rings (SSSR count). The molecule has 3 aliphatic carbocycles. The van der Waals surface area contributed by atoms with Gasteiger partial charge in [-0.3, -0.25) is 0 Å². The number of hydrogen-bond donors (Lipinski definition) is 3. The van der Waals surface area contributed by atoms with Crippen LogP contribution in [0.4, 0.5) is 0 Å². The molecule has 0 radical (unpaired) electrons. The SMILES string of the molecule is C=C(C)C12CC(C)C34OC5(CCCCCCCC(C)C6C(C)C(O)C(O)(C(O)C7(COC(=O)C=Cc8ccccc8)OC7C3C1O5)C64)O2. The molecule has 9 heteroatoms. The molecule has 1 aromatic carbocycles. The zero-order chi connectivity index (χ0) is 33.9. The second-order valence-electron chi connectivity index (χ2n) is 16.4. The summed E-state index contributed by atoms with van der Waals surface area (Å²) in [6.07, 6.45) is 6.22. The Bertz CT molecular complexity index is 1480. The van der Waals surface area contributed by atoms with Crippen LogP contribution in [0.15, 0.2) is 48.6 Å². The average Bonchev–Trinajstić information content (AvgIpc) is 3.70. The van der Waals surface area contributed by atoms with Crippen LogP contribution in [0.5, 0.6) is 0 Å². The molecular weight excluding hydrogens is 612 g/mol. The number of hydrogen-bond acceptors (Lipinski definition) is 9. The Morgan fingerprint density at radius 1 is 1.02 bits per heavy atom. The number of fused-ring (bicyclic) bond motifs is 1. The van der Waals surface area contributed by atoms with Gasteiger partial charge < -0.3 is 39.0 Å². The van der Waals surface area contributed by atoms with Crippen molar-refractivity contribution in [1.82, 2.24) is 0 Å². The summed E-state index contributed by atoms with van der Waals surface area (Å²) in [5.74, 6) is -3.60. The van der Waals surface area contributed by atoms with Crippen LogP contribution < -0.4 is 0 Å². The fourth-order valence-electron chi connectivity index (χ4n) is 11.6. The van der Waals surface area contributed by atoms with E-state index in [0.717, 1.165) is 49.7 Å². The molecule has 9 nitrogen and oxygen atoms in total. The van der Waals surface area contributed by atoms with Gasteiger partial charge in [0.1, 0.15) is 36.1 Å². The largest absolute Gasteiger partial charge is 0.459 e. The molecular formula is C39H52O9. The first-order valence-corrected chi connectivity index (χ1v) is 18.3. The first-order chi connectivity index (χ1) is 22.9. The lowest BCUT2D eigenvalue weighted by atomic mass is 9.52. The van der Waals surface area contributed by atoms with Gasteiger partial charge in [-0.2, -0.15) is 0 Å². The number of ether oxygens (including phenoxy) is 5. The molecule has 15 unspecified atom stereocenters. The van der Waals surface area contributed by atoms with Gasteiger partial charge in [0.2, 0.25) is 0 Å². The summed E-state index contributed by atoms with van der Waals surface area (Å²) in [5.41, 5.74) is -3.72. The predicted molar refractivity (Wildman–Crippen MR) is 176 cm³/mol. The number of esters is 1. The monoisotopic (exact) mass is 664 g/mol. The number of epoxide rings is 1. The molecule has 7 fully saturated rings. The zero-order valence-corrected chi connectivity index (χ0v) is 28.7. The highest BCUT2D eigenvalue weighted by molar-refractivity contribution is 5.87. The molecule has 0 aromatic heterocycles. The van der Waals surface area contributed by atoms with Crippen LogP contribution in [0.1, 0.15) is 84.6 Å². The molecule has 4 heterocycles. The van der Waals surface area contributed by atoms with Crippen molar-refractivity contribution >= 4 is 12.0 Å². The highest BCUT2D eigenvalue weighted by atomic mass is 16.9. The molecule has 48 heavy (non-hydrogen) atoms. The van der Waals surface area contributed by atoms with Gasteiger partial charge in [-0.05, 0) is 60.6 Å². The number of aliphatic hydroxyl groups is 3. The van der Waals surface area contributed by atoms with Crippen molar-refractivity contribution in [3.63, 3.8) is 0 Å². The predicted octanol–water partition coefficient (Wildman–Crippen LogP) is 4.92. The Balaban J connectivity index is 1.26. The summed E-state index contributed by atoms with van der Waals surface area (Å²) in [6.45, 7) is 12.5. The van der Waals surface area contributed by atoms with Crippen molar-refractivity contribution in [2.75, 3.05) is 6.61 Å². The summed E-state index contributed by atoms with van der Waals surface area (Å²) in [6, 6.07) is 9.45. The van der Waals surface area contributed by atoms with Gasteiger partial charge in [-0.15, -0.1) is 0 Å². The molecule has 262 valence electrons. The maximum Gasteiger partial charge on any atom is 0.330 e. The first kappa shape index (κ1) is 33.1. The summed E-state index contributed by atoms with van der Waals surface area (Å²) in [5, 5.41) is 37.9. The highest BCUT2D eigenvalue weighted by Gasteiger charge is 2.90. The second-order valence-corrected chi connectivity index (χ2v) is 16.4. The highest BCUT2D eigenvalue weighted by Crippen LogP contribution is 2.75. The topological polar surface area (TPSA) is 127 Å². The number of benzene rings is 1. The van der Waals surface area contributed by atoms with Crippen LogP contribution in [0.2, 0.25) is 0 Å². The number of carbonyl (C=O) groups excluding carboxylic acids is 1. The van der Waals surface area contributed by atoms with Crippen molar-refractivity contribution < 1.29 is 43.8 Å². The Hall–Kier alpha value is -2.11. The number of carbonyl (C=O) groups is 1. The molecule has 15 atom stereocenters. The quantitative estimate of drug-likeness (QED) is 0.174. The van der Waals surface area contributed by atoms with Gasteiger partial charge in [-0.1, -0.05) is 89.8 Å². The Labute approximate surface area is 283 Å². The van der Waals surface area contributed by atoms with E-state index in [2.05, 4.69) is 20.4 Å². The number of aliphatic hydroxyl groups excluding tert-OH is 2. The fourth-order valence-corrected chi connectivity index (χ4v) is 11.6. The van der Waals surface area contributed by atoms with E-state index >= 15 is 0 Å². The lowest BCUT2D eigenvalue weighted by Gasteiger charge is -2.61. The van der Waals surface area contributed by atoms with Crippen molar-refractivity contribution in [3.8, 4) is 0 Å². The molecule has 7 aliphatic rings. The Kier molecular flexibility index (Phi) is 7.71. The van der Waals surface area contributed by atoms with E-state index in [1.165, 1.54) is 6.08 Å². The van der Waals surface area contributed by atoms with E-state index in [9.17, 15) is 20.1 Å². The minimum Gasteiger partial charge on any atom is -0.459 e. The Morgan fingerprint density at radius 2 is 1.75 bits per heavy atom. The molecule has 4 saturated heterocycles. The van der Waals surface area contributed by atoms with Gasteiger partial charge >= 0.3 is 5.97 Å². The average molecular weight is 665 g/mol. The third-order valence-electron chi connectivity index (χ3n) is 13.8. The van der Waals surface area contributed by atoms with E-state index < -0.39 is 70.6 Å². The van der Waals surface area contributed by atoms with Gasteiger partial charge in [0.05, 0.1) is 11.7 Å². The Morgan fingerprint density at radius 3 is 2.50 bits per heavy atom. The third kappa shape index (κ3) is 4.31. The molecule has 3 N–H and O–H groups in total. The van der Waals surface area contributed by atoms with Gasteiger partial charge in [0.15, 0.2) is 5.60 Å². The van der Waals surface area contributed by atoms with Crippen molar-refractivity contribution in [3.05, 3.63) is 54.1 Å². The lowest BCUT2D eigenvalue weighted by Crippen LogP contribution is -2.73. The zero-order valence-electron chi connectivity index (χ0n) is 28.7. The molecule has 1 aromatic rings. The summed E-state index contributed by atoms with van der Waals surface area (Å²) < 4.78 is 33.8. The third-order valence-corrected chi connectivity index (χ3v) is 13.8. The van der Waals surface area contributed by atoms with E-state index in [0.29, 0.717) is 12.8 Å². The number of rotatable bonds is 5. The van der Waals surface area contributed by atoms with Crippen LogP contribution >= 0.6 is 0 Å². The van der Waals surface area contributed by atoms with Crippen LogP contribution in [0.3, 0.4) is 0 Å². The minimum atomic E-state index is -2.01. The second kappa shape index (κ2) is 11.2. The van der Waals surface area contributed by atoms with Crippen molar-refractivity contribution in [1.29, 1.82) is 0 Å². The summed E-state index contributed by atoms with van der Waals surface area (Å²) in [7, 11) is 0. The summed E-state index contributed by atoms with van der Waals surface area (Å²) in [4.78, 5) is 13.1. The first-order valence-electron chi connectivity index (χ1n) is 18.3.